The molecular weight excluding hydrogens is 212 g/mol. The van der Waals surface area contributed by atoms with Crippen molar-refractivity contribution in [1.82, 2.24) is 5.32 Å². The molecule has 0 bridgehead atoms. The number of hydrogen-bond acceptors (Lipinski definition) is 3. The van der Waals surface area contributed by atoms with Gasteiger partial charge in [0.1, 0.15) is 0 Å². The van der Waals surface area contributed by atoms with Crippen LogP contribution in [0.5, 0.6) is 0 Å². The number of nitrogens with two attached hydrogens (primary N) is 1. The van der Waals surface area contributed by atoms with Gasteiger partial charge in [-0.05, 0) is 57.0 Å². The quantitative estimate of drug-likeness (QED) is 0.641. The number of rotatable bonds is 8. The van der Waals surface area contributed by atoms with Crippen LogP contribution in [-0.2, 0) is 4.74 Å². The van der Waals surface area contributed by atoms with Gasteiger partial charge in [0, 0.05) is 12.6 Å². The standard InChI is InChI=1S/C14H30N2O/c1-12(13-5-10-17-11-13)16-9-4-6-14(2,3)7-8-15/h12-13,16H,4-11,15H2,1-3H3. The first-order valence-electron chi connectivity index (χ1n) is 7.06. The first kappa shape index (κ1) is 14.9. The third-order valence-corrected chi connectivity index (χ3v) is 3.99. The average molecular weight is 242 g/mol. The molecule has 1 heterocycles. The van der Waals surface area contributed by atoms with Crippen LogP contribution in [-0.4, -0.2) is 32.3 Å². The van der Waals surface area contributed by atoms with Crippen LogP contribution in [0.3, 0.4) is 0 Å². The summed E-state index contributed by atoms with van der Waals surface area (Å²) in [6.07, 6.45) is 4.84. The lowest BCUT2D eigenvalue weighted by Gasteiger charge is -2.25. The van der Waals surface area contributed by atoms with Crippen LogP contribution in [0.2, 0.25) is 0 Å². The molecule has 0 spiro atoms. The van der Waals surface area contributed by atoms with Crippen LogP contribution in [0.4, 0.5) is 0 Å². The highest BCUT2D eigenvalue weighted by Gasteiger charge is 2.22. The molecule has 0 radical (unpaired) electrons. The van der Waals surface area contributed by atoms with Crippen LogP contribution in [0, 0.1) is 11.3 Å². The van der Waals surface area contributed by atoms with Gasteiger partial charge in [0.2, 0.25) is 0 Å². The van der Waals surface area contributed by atoms with Crippen molar-refractivity contribution in [2.75, 3.05) is 26.3 Å². The lowest BCUT2D eigenvalue weighted by molar-refractivity contribution is 0.178. The lowest BCUT2D eigenvalue weighted by Crippen LogP contribution is -2.34. The van der Waals surface area contributed by atoms with E-state index in [1.54, 1.807) is 0 Å². The second kappa shape index (κ2) is 7.34. The summed E-state index contributed by atoms with van der Waals surface area (Å²) in [6, 6.07) is 0.593. The van der Waals surface area contributed by atoms with Crippen molar-refractivity contribution in [3.63, 3.8) is 0 Å². The summed E-state index contributed by atoms with van der Waals surface area (Å²) in [5.74, 6) is 0.715. The Hall–Kier alpha value is -0.120. The van der Waals surface area contributed by atoms with Crippen LogP contribution >= 0.6 is 0 Å². The topological polar surface area (TPSA) is 47.3 Å². The summed E-state index contributed by atoms with van der Waals surface area (Å²) in [4.78, 5) is 0. The van der Waals surface area contributed by atoms with Gasteiger partial charge in [-0.2, -0.15) is 0 Å². The molecule has 0 aromatic carbocycles. The zero-order chi connectivity index (χ0) is 12.7. The van der Waals surface area contributed by atoms with E-state index in [4.69, 9.17) is 10.5 Å². The summed E-state index contributed by atoms with van der Waals surface area (Å²) < 4.78 is 5.42. The number of ether oxygens (including phenoxy) is 1. The fourth-order valence-corrected chi connectivity index (χ4v) is 2.53. The van der Waals surface area contributed by atoms with Gasteiger partial charge in [0.25, 0.3) is 0 Å². The van der Waals surface area contributed by atoms with Crippen molar-refractivity contribution < 1.29 is 4.74 Å². The molecule has 1 aliphatic rings. The van der Waals surface area contributed by atoms with Gasteiger partial charge in [-0.25, -0.2) is 0 Å². The Balaban J connectivity index is 2.06. The maximum Gasteiger partial charge on any atom is 0.0509 e. The molecule has 0 aromatic rings. The molecule has 0 aliphatic carbocycles. The van der Waals surface area contributed by atoms with E-state index in [1.165, 1.54) is 19.3 Å². The van der Waals surface area contributed by atoms with E-state index in [2.05, 4.69) is 26.1 Å². The third-order valence-electron chi connectivity index (χ3n) is 3.99. The Morgan fingerprint density at radius 2 is 2.18 bits per heavy atom. The Morgan fingerprint density at radius 3 is 2.76 bits per heavy atom. The van der Waals surface area contributed by atoms with Gasteiger partial charge in [0.15, 0.2) is 0 Å². The molecule has 1 saturated heterocycles. The highest BCUT2D eigenvalue weighted by molar-refractivity contribution is 4.76. The van der Waals surface area contributed by atoms with Gasteiger partial charge in [-0.15, -0.1) is 0 Å². The monoisotopic (exact) mass is 242 g/mol. The molecule has 3 N–H and O–H groups in total. The predicted molar refractivity (Wildman–Crippen MR) is 73.1 cm³/mol. The van der Waals surface area contributed by atoms with Crippen LogP contribution in [0.25, 0.3) is 0 Å². The summed E-state index contributed by atoms with van der Waals surface area (Å²) >= 11 is 0. The van der Waals surface area contributed by atoms with Gasteiger partial charge in [-0.3, -0.25) is 0 Å². The largest absolute Gasteiger partial charge is 0.381 e. The molecule has 0 amide bonds. The summed E-state index contributed by atoms with van der Waals surface area (Å²) in [7, 11) is 0. The molecule has 1 fully saturated rings. The maximum atomic E-state index is 5.62. The van der Waals surface area contributed by atoms with E-state index in [1.807, 2.05) is 0 Å². The zero-order valence-corrected chi connectivity index (χ0v) is 11.8. The summed E-state index contributed by atoms with van der Waals surface area (Å²) in [6.45, 7) is 10.7. The second-order valence-corrected chi connectivity index (χ2v) is 6.17. The molecular formula is C14H30N2O. The van der Waals surface area contributed by atoms with Crippen molar-refractivity contribution in [1.29, 1.82) is 0 Å². The minimum absolute atomic E-state index is 0.399. The molecule has 17 heavy (non-hydrogen) atoms. The van der Waals surface area contributed by atoms with E-state index in [0.29, 0.717) is 17.4 Å². The first-order valence-corrected chi connectivity index (χ1v) is 7.06. The van der Waals surface area contributed by atoms with Gasteiger partial charge in [0.05, 0.1) is 6.61 Å². The fraction of sp³-hybridized carbons (Fsp3) is 1.00. The van der Waals surface area contributed by atoms with Crippen molar-refractivity contribution in [3.05, 3.63) is 0 Å². The molecule has 2 atom stereocenters. The summed E-state index contributed by atoms with van der Waals surface area (Å²) in [5.41, 5.74) is 6.02. The number of nitrogens with one attached hydrogen (secondary N) is 1. The molecule has 2 unspecified atom stereocenters. The smallest absolute Gasteiger partial charge is 0.0509 e. The Labute approximate surface area is 106 Å². The molecule has 3 nitrogen and oxygen atoms in total. The zero-order valence-electron chi connectivity index (χ0n) is 11.8. The molecule has 3 heteroatoms. The fourth-order valence-electron chi connectivity index (χ4n) is 2.53. The van der Waals surface area contributed by atoms with Gasteiger partial charge >= 0.3 is 0 Å². The molecule has 0 saturated carbocycles. The molecule has 102 valence electrons. The maximum absolute atomic E-state index is 5.62. The highest BCUT2D eigenvalue weighted by Crippen LogP contribution is 2.25. The Bertz CT molecular complexity index is 200. The second-order valence-electron chi connectivity index (χ2n) is 6.17. The van der Waals surface area contributed by atoms with Crippen LogP contribution in [0.1, 0.15) is 46.5 Å². The van der Waals surface area contributed by atoms with Crippen LogP contribution in [0.15, 0.2) is 0 Å². The molecule has 1 rings (SSSR count). The van der Waals surface area contributed by atoms with E-state index in [-0.39, 0.29) is 0 Å². The van der Waals surface area contributed by atoms with E-state index in [9.17, 15) is 0 Å². The van der Waals surface area contributed by atoms with Crippen molar-refractivity contribution in [2.45, 2.75) is 52.5 Å². The lowest BCUT2D eigenvalue weighted by atomic mass is 9.84. The number of hydrogen-bond donors (Lipinski definition) is 2. The minimum atomic E-state index is 0.399. The van der Waals surface area contributed by atoms with E-state index < -0.39 is 0 Å². The SMILES string of the molecule is CC(NCCCC(C)(C)CCN)C1CCOC1. The Kier molecular flexibility index (Phi) is 6.45. The predicted octanol–water partition coefficient (Wildman–Crippen LogP) is 2.16. The first-order chi connectivity index (χ1) is 8.05. The van der Waals surface area contributed by atoms with Gasteiger partial charge < -0.3 is 15.8 Å². The average Bonchev–Trinajstić information content (AvgIpc) is 2.77. The minimum Gasteiger partial charge on any atom is -0.381 e. The van der Waals surface area contributed by atoms with Crippen molar-refractivity contribution in [2.24, 2.45) is 17.1 Å². The molecule has 0 aromatic heterocycles. The van der Waals surface area contributed by atoms with Crippen molar-refractivity contribution >= 4 is 0 Å². The van der Waals surface area contributed by atoms with Crippen molar-refractivity contribution in [3.8, 4) is 0 Å². The molecule has 1 aliphatic heterocycles. The van der Waals surface area contributed by atoms with E-state index >= 15 is 0 Å². The summed E-state index contributed by atoms with van der Waals surface area (Å²) in [5, 5.41) is 3.63. The van der Waals surface area contributed by atoms with E-state index in [0.717, 1.165) is 32.7 Å². The van der Waals surface area contributed by atoms with Gasteiger partial charge in [-0.1, -0.05) is 13.8 Å². The normalized spacial score (nSPS) is 22.9. The Morgan fingerprint density at radius 1 is 1.41 bits per heavy atom. The van der Waals surface area contributed by atoms with Crippen LogP contribution < -0.4 is 11.1 Å². The highest BCUT2D eigenvalue weighted by atomic mass is 16.5. The third kappa shape index (κ3) is 5.84.